The number of aromatic amines is 1. The van der Waals surface area contributed by atoms with E-state index in [0.29, 0.717) is 0 Å². The number of nitrogens with zero attached hydrogens (tertiary/aromatic N) is 1. The van der Waals surface area contributed by atoms with Gasteiger partial charge in [0.25, 0.3) is 0 Å². The highest BCUT2D eigenvalue weighted by atomic mass is 16.3. The smallest absolute Gasteiger partial charge is 0.151 e. The Hall–Kier alpha value is -1.55. The first kappa shape index (κ1) is 9.02. The molecule has 0 aliphatic heterocycles. The molecule has 2 aromatic heterocycles. The highest BCUT2D eigenvalue weighted by Gasteiger charge is 2.06. The van der Waals surface area contributed by atoms with Crippen LogP contribution >= 0.6 is 0 Å². The van der Waals surface area contributed by atoms with Crippen molar-refractivity contribution in [1.29, 1.82) is 0 Å². The number of nitrogens with two attached hydrogens (primary N) is 1. The molecule has 2 aromatic rings. The lowest BCUT2D eigenvalue weighted by Gasteiger charge is -1.99. The predicted octanol–water partition coefficient (Wildman–Crippen LogP) is 1.56. The Bertz CT molecular complexity index is 389. The Labute approximate surface area is 82.1 Å². The first-order chi connectivity index (χ1) is 6.75. The number of aromatic nitrogens is 2. The molecule has 74 valence electrons. The molecule has 0 aliphatic carbocycles. The maximum Gasteiger partial charge on any atom is 0.151 e. The lowest BCUT2D eigenvalue weighted by molar-refractivity contribution is 0.580. The van der Waals surface area contributed by atoms with Gasteiger partial charge in [0.05, 0.1) is 12.5 Å². The molecule has 0 bridgehead atoms. The first-order valence-electron chi connectivity index (χ1n) is 4.59. The summed E-state index contributed by atoms with van der Waals surface area (Å²) in [5.41, 5.74) is 6.56. The molecule has 1 unspecified atom stereocenters. The quantitative estimate of drug-likeness (QED) is 0.773. The minimum Gasteiger partial charge on any atom is -0.463 e. The molecule has 0 fully saturated rings. The Morgan fingerprint density at radius 3 is 3.14 bits per heavy atom. The Balaban J connectivity index is 2.18. The van der Waals surface area contributed by atoms with Crippen molar-refractivity contribution in [2.75, 3.05) is 0 Å². The van der Waals surface area contributed by atoms with Crippen LogP contribution in [0.1, 0.15) is 12.7 Å². The van der Waals surface area contributed by atoms with Gasteiger partial charge in [0.15, 0.2) is 5.76 Å². The fraction of sp³-hybridized carbons (Fsp3) is 0.300. The Kier molecular flexibility index (Phi) is 2.37. The molecule has 2 heterocycles. The van der Waals surface area contributed by atoms with Gasteiger partial charge in [-0.3, -0.25) is 0 Å². The molecule has 0 radical (unpaired) electrons. The fourth-order valence-corrected chi connectivity index (χ4v) is 1.33. The molecule has 0 spiro atoms. The van der Waals surface area contributed by atoms with Crippen LogP contribution in [-0.4, -0.2) is 16.0 Å². The number of H-pyrrole nitrogens is 1. The highest BCUT2D eigenvalue weighted by molar-refractivity contribution is 5.50. The molecule has 0 aliphatic rings. The molecule has 0 aromatic carbocycles. The number of hydrogen-bond acceptors (Lipinski definition) is 3. The standard InChI is InChI=1S/C10H13N3O/c1-7(11)5-10-12-6-8(13-10)9-3-2-4-14-9/h2-4,6-7H,5,11H2,1H3,(H,12,13). The fourth-order valence-electron chi connectivity index (χ4n) is 1.33. The van der Waals surface area contributed by atoms with Crippen LogP contribution in [0.4, 0.5) is 0 Å². The molecular formula is C10H13N3O. The van der Waals surface area contributed by atoms with E-state index >= 15 is 0 Å². The van der Waals surface area contributed by atoms with Gasteiger partial charge in [-0.25, -0.2) is 4.98 Å². The third kappa shape index (κ3) is 1.85. The van der Waals surface area contributed by atoms with E-state index < -0.39 is 0 Å². The second-order valence-corrected chi connectivity index (χ2v) is 3.40. The summed E-state index contributed by atoms with van der Waals surface area (Å²) in [4.78, 5) is 7.38. The highest BCUT2D eigenvalue weighted by Crippen LogP contribution is 2.17. The van der Waals surface area contributed by atoms with E-state index in [1.165, 1.54) is 0 Å². The molecule has 4 nitrogen and oxygen atoms in total. The van der Waals surface area contributed by atoms with E-state index in [1.807, 2.05) is 19.1 Å². The van der Waals surface area contributed by atoms with Crippen molar-refractivity contribution in [1.82, 2.24) is 9.97 Å². The molecular weight excluding hydrogens is 178 g/mol. The zero-order chi connectivity index (χ0) is 9.97. The zero-order valence-corrected chi connectivity index (χ0v) is 8.03. The van der Waals surface area contributed by atoms with Gasteiger partial charge in [-0.2, -0.15) is 0 Å². The lowest BCUT2D eigenvalue weighted by atomic mass is 10.2. The van der Waals surface area contributed by atoms with Crippen molar-refractivity contribution in [2.24, 2.45) is 5.73 Å². The summed E-state index contributed by atoms with van der Waals surface area (Å²) in [5, 5.41) is 0. The van der Waals surface area contributed by atoms with Crippen LogP contribution < -0.4 is 5.73 Å². The average Bonchev–Trinajstić information content (AvgIpc) is 2.69. The van der Waals surface area contributed by atoms with Gasteiger partial charge in [-0.15, -0.1) is 0 Å². The van der Waals surface area contributed by atoms with E-state index in [-0.39, 0.29) is 6.04 Å². The summed E-state index contributed by atoms with van der Waals surface area (Å²) in [6, 6.07) is 3.86. The van der Waals surface area contributed by atoms with Gasteiger partial charge >= 0.3 is 0 Å². The number of rotatable bonds is 3. The molecule has 0 saturated heterocycles. The van der Waals surface area contributed by atoms with Gasteiger partial charge in [-0.1, -0.05) is 0 Å². The second kappa shape index (κ2) is 3.67. The summed E-state index contributed by atoms with van der Waals surface area (Å²) >= 11 is 0. The lowest BCUT2D eigenvalue weighted by Crippen LogP contribution is -2.18. The number of hydrogen-bond donors (Lipinski definition) is 2. The van der Waals surface area contributed by atoms with Crippen molar-refractivity contribution in [3.05, 3.63) is 30.4 Å². The summed E-state index contributed by atoms with van der Waals surface area (Å²) in [6.45, 7) is 1.95. The van der Waals surface area contributed by atoms with Gasteiger partial charge in [0, 0.05) is 12.5 Å². The monoisotopic (exact) mass is 191 g/mol. The van der Waals surface area contributed by atoms with Crippen LogP contribution in [0.2, 0.25) is 0 Å². The molecule has 0 saturated carbocycles. The summed E-state index contributed by atoms with van der Waals surface area (Å²) in [6.07, 6.45) is 4.15. The minimum atomic E-state index is 0.116. The Morgan fingerprint density at radius 1 is 1.64 bits per heavy atom. The van der Waals surface area contributed by atoms with E-state index in [2.05, 4.69) is 9.97 Å². The van der Waals surface area contributed by atoms with Crippen LogP contribution in [0.15, 0.2) is 29.0 Å². The van der Waals surface area contributed by atoms with Crippen LogP contribution in [0, 0.1) is 0 Å². The number of furan rings is 1. The van der Waals surface area contributed by atoms with Crippen LogP contribution in [0.3, 0.4) is 0 Å². The van der Waals surface area contributed by atoms with E-state index in [0.717, 1.165) is 23.7 Å². The van der Waals surface area contributed by atoms with Crippen molar-refractivity contribution in [2.45, 2.75) is 19.4 Å². The van der Waals surface area contributed by atoms with E-state index in [1.54, 1.807) is 12.5 Å². The predicted molar refractivity (Wildman–Crippen MR) is 53.6 cm³/mol. The van der Waals surface area contributed by atoms with Gasteiger partial charge in [0.2, 0.25) is 0 Å². The minimum absolute atomic E-state index is 0.116. The summed E-state index contributed by atoms with van der Waals surface area (Å²) in [5.74, 6) is 1.69. The SMILES string of the molecule is CC(N)Cc1ncc(-c2ccco2)[nH]1. The topological polar surface area (TPSA) is 67.8 Å². The third-order valence-corrected chi connectivity index (χ3v) is 1.93. The molecule has 0 amide bonds. The maximum absolute atomic E-state index is 5.67. The van der Waals surface area contributed by atoms with Crippen molar-refractivity contribution >= 4 is 0 Å². The molecule has 4 heteroatoms. The van der Waals surface area contributed by atoms with Crippen molar-refractivity contribution in [3.8, 4) is 11.5 Å². The van der Waals surface area contributed by atoms with Gasteiger partial charge in [0.1, 0.15) is 11.5 Å². The second-order valence-electron chi connectivity index (χ2n) is 3.40. The van der Waals surface area contributed by atoms with Crippen LogP contribution in [0.5, 0.6) is 0 Å². The van der Waals surface area contributed by atoms with E-state index in [4.69, 9.17) is 10.2 Å². The molecule has 1 atom stereocenters. The molecule has 2 rings (SSSR count). The number of imidazole rings is 1. The van der Waals surface area contributed by atoms with E-state index in [9.17, 15) is 0 Å². The summed E-state index contributed by atoms with van der Waals surface area (Å²) < 4.78 is 5.24. The first-order valence-corrected chi connectivity index (χ1v) is 4.59. The number of nitrogens with one attached hydrogen (secondary N) is 1. The van der Waals surface area contributed by atoms with Crippen molar-refractivity contribution < 1.29 is 4.42 Å². The normalized spacial score (nSPS) is 13.0. The zero-order valence-electron chi connectivity index (χ0n) is 8.03. The van der Waals surface area contributed by atoms with Crippen LogP contribution in [-0.2, 0) is 6.42 Å². The van der Waals surface area contributed by atoms with Crippen LogP contribution in [0.25, 0.3) is 11.5 Å². The van der Waals surface area contributed by atoms with Crippen molar-refractivity contribution in [3.63, 3.8) is 0 Å². The average molecular weight is 191 g/mol. The third-order valence-electron chi connectivity index (χ3n) is 1.93. The summed E-state index contributed by atoms with van der Waals surface area (Å²) in [7, 11) is 0. The largest absolute Gasteiger partial charge is 0.463 e. The molecule has 14 heavy (non-hydrogen) atoms. The Morgan fingerprint density at radius 2 is 2.50 bits per heavy atom. The van der Waals surface area contributed by atoms with Gasteiger partial charge in [-0.05, 0) is 19.1 Å². The molecule has 3 N–H and O–H groups in total. The maximum atomic E-state index is 5.67. The van der Waals surface area contributed by atoms with Gasteiger partial charge < -0.3 is 15.1 Å².